The van der Waals surface area contributed by atoms with Crippen molar-refractivity contribution in [2.45, 2.75) is 0 Å². The number of aliphatic imine (C=N–C) groups is 1. The predicted octanol–water partition coefficient (Wildman–Crippen LogP) is 3.44. The highest BCUT2D eigenvalue weighted by molar-refractivity contribution is 8.27. The third kappa shape index (κ3) is 3.64. The van der Waals surface area contributed by atoms with E-state index in [9.17, 15) is 4.79 Å². The van der Waals surface area contributed by atoms with Gasteiger partial charge in [-0.15, -0.1) is 11.3 Å². The number of benzene rings is 1. The van der Waals surface area contributed by atoms with Crippen LogP contribution in [-0.2, 0) is 4.79 Å². The highest BCUT2D eigenvalue weighted by Gasteiger charge is 2.25. The van der Waals surface area contributed by atoms with Crippen molar-refractivity contribution in [1.82, 2.24) is 20.5 Å². The highest BCUT2D eigenvalue weighted by atomic mass is 32.2. The van der Waals surface area contributed by atoms with Crippen molar-refractivity contribution >= 4 is 44.6 Å². The number of carbonyl (C=O) groups is 1. The van der Waals surface area contributed by atoms with Crippen molar-refractivity contribution < 1.29 is 14.3 Å². The lowest BCUT2D eigenvalue weighted by Crippen LogP contribution is -2.12. The number of rotatable bonds is 5. The van der Waals surface area contributed by atoms with Gasteiger partial charge in [-0.2, -0.15) is 10.1 Å². The first-order valence-corrected chi connectivity index (χ1v) is 9.82. The third-order valence-electron chi connectivity index (χ3n) is 3.91. The Morgan fingerprint density at radius 2 is 2.07 bits per heavy atom. The molecular formula is C18H15N5O3S2. The van der Waals surface area contributed by atoms with Crippen molar-refractivity contribution in [2.24, 2.45) is 4.99 Å². The first-order valence-electron chi connectivity index (χ1n) is 8.13. The zero-order valence-corrected chi connectivity index (χ0v) is 16.6. The maximum Gasteiger partial charge on any atom is 0.243 e. The second-order valence-electron chi connectivity index (χ2n) is 5.57. The van der Waals surface area contributed by atoms with E-state index in [0.717, 1.165) is 28.6 Å². The molecular weight excluding hydrogens is 398 g/mol. The first-order chi connectivity index (χ1) is 13.7. The number of thiazole rings is 1. The van der Waals surface area contributed by atoms with Crippen molar-refractivity contribution in [3.63, 3.8) is 0 Å². The molecule has 0 saturated carbocycles. The van der Waals surface area contributed by atoms with Gasteiger partial charge in [0.1, 0.15) is 0 Å². The maximum absolute atomic E-state index is 12.3. The molecule has 3 heterocycles. The second kappa shape index (κ2) is 7.87. The fourth-order valence-electron chi connectivity index (χ4n) is 2.62. The van der Waals surface area contributed by atoms with Gasteiger partial charge in [0, 0.05) is 22.7 Å². The van der Waals surface area contributed by atoms with E-state index >= 15 is 0 Å². The van der Waals surface area contributed by atoms with Crippen LogP contribution in [-0.4, -0.2) is 39.7 Å². The summed E-state index contributed by atoms with van der Waals surface area (Å²) in [7, 11) is 3.17. The molecule has 1 saturated heterocycles. The van der Waals surface area contributed by atoms with E-state index < -0.39 is 0 Å². The third-order valence-corrected chi connectivity index (χ3v) is 5.37. The van der Waals surface area contributed by atoms with E-state index in [-0.39, 0.29) is 5.12 Å². The van der Waals surface area contributed by atoms with Gasteiger partial charge in [0.25, 0.3) is 0 Å². The number of carbonyl (C=O) groups excluding carboxylic acids is 1. The average molecular weight is 413 g/mol. The maximum atomic E-state index is 12.3. The molecule has 1 fully saturated rings. The van der Waals surface area contributed by atoms with Crippen LogP contribution in [0.5, 0.6) is 11.5 Å². The molecule has 28 heavy (non-hydrogen) atoms. The molecule has 142 valence electrons. The second-order valence-corrected chi connectivity index (χ2v) is 7.41. The van der Waals surface area contributed by atoms with Gasteiger partial charge in [-0.05, 0) is 36.0 Å². The van der Waals surface area contributed by atoms with E-state index in [2.05, 4.69) is 25.5 Å². The zero-order valence-electron chi connectivity index (χ0n) is 14.9. The molecule has 0 bridgehead atoms. The van der Waals surface area contributed by atoms with Crippen LogP contribution < -0.4 is 14.8 Å². The summed E-state index contributed by atoms with van der Waals surface area (Å²) < 4.78 is 10.6. The fraction of sp³-hybridized carbons (Fsp3) is 0.111. The molecule has 0 atom stereocenters. The average Bonchev–Trinajstić information content (AvgIpc) is 3.44. The molecule has 2 N–H and O–H groups in total. The molecule has 3 aromatic rings. The summed E-state index contributed by atoms with van der Waals surface area (Å²) in [6.07, 6.45) is 5.08. The monoisotopic (exact) mass is 413 g/mol. The van der Waals surface area contributed by atoms with Gasteiger partial charge in [-0.3, -0.25) is 9.89 Å². The molecule has 0 unspecified atom stereocenters. The molecule has 0 radical (unpaired) electrons. The number of aromatic amines is 1. The van der Waals surface area contributed by atoms with E-state index in [1.54, 1.807) is 32.7 Å². The summed E-state index contributed by atoms with van der Waals surface area (Å²) in [6, 6.07) is 5.56. The quantitative estimate of drug-likeness (QED) is 0.618. The van der Waals surface area contributed by atoms with Gasteiger partial charge in [0.2, 0.25) is 10.2 Å². The van der Waals surface area contributed by atoms with E-state index in [0.29, 0.717) is 27.5 Å². The van der Waals surface area contributed by atoms with Gasteiger partial charge in [0.15, 0.2) is 16.7 Å². The Balaban J connectivity index is 1.64. The lowest BCUT2D eigenvalue weighted by molar-refractivity contribution is -0.107. The van der Waals surface area contributed by atoms with Gasteiger partial charge in [-0.25, -0.2) is 4.98 Å². The summed E-state index contributed by atoms with van der Waals surface area (Å²) in [5.74, 6) is 1.24. The summed E-state index contributed by atoms with van der Waals surface area (Å²) in [5, 5.41) is 12.9. The number of H-pyrrole nitrogens is 1. The van der Waals surface area contributed by atoms with Crippen LogP contribution in [0, 0.1) is 0 Å². The minimum Gasteiger partial charge on any atom is -0.493 e. The van der Waals surface area contributed by atoms with Gasteiger partial charge < -0.3 is 14.8 Å². The number of ether oxygens (including phenoxy) is 2. The van der Waals surface area contributed by atoms with Crippen LogP contribution in [0.15, 0.2) is 46.7 Å². The van der Waals surface area contributed by atoms with Gasteiger partial charge in [0.05, 0.1) is 31.8 Å². The molecule has 4 rings (SSSR count). The summed E-state index contributed by atoms with van der Waals surface area (Å²) in [6.45, 7) is 0. The minimum absolute atomic E-state index is 0.116. The summed E-state index contributed by atoms with van der Waals surface area (Å²) in [5.41, 5.74) is 2.82. The van der Waals surface area contributed by atoms with Crippen LogP contribution in [0.3, 0.4) is 0 Å². The number of hydrogen-bond donors (Lipinski definition) is 2. The van der Waals surface area contributed by atoms with Crippen molar-refractivity contribution in [1.29, 1.82) is 0 Å². The Morgan fingerprint density at radius 3 is 2.82 bits per heavy atom. The largest absolute Gasteiger partial charge is 0.493 e. The lowest BCUT2D eigenvalue weighted by atomic mass is 10.1. The zero-order chi connectivity index (χ0) is 19.5. The smallest absolute Gasteiger partial charge is 0.243 e. The number of thioether (sulfide) groups is 1. The van der Waals surface area contributed by atoms with Crippen LogP contribution in [0.1, 0.15) is 5.56 Å². The van der Waals surface area contributed by atoms with Gasteiger partial charge >= 0.3 is 0 Å². The molecule has 2 aromatic heterocycles. The van der Waals surface area contributed by atoms with Crippen molar-refractivity contribution in [2.75, 3.05) is 14.2 Å². The van der Waals surface area contributed by atoms with E-state index in [4.69, 9.17) is 9.47 Å². The van der Waals surface area contributed by atoms with E-state index in [1.165, 1.54) is 11.3 Å². The molecule has 0 spiro atoms. The van der Waals surface area contributed by atoms with E-state index in [1.807, 2.05) is 23.6 Å². The first kappa shape index (κ1) is 18.3. The van der Waals surface area contributed by atoms with Gasteiger partial charge in [-0.1, -0.05) is 0 Å². The Morgan fingerprint density at radius 1 is 1.21 bits per heavy atom. The number of aromatic nitrogens is 3. The van der Waals surface area contributed by atoms with Crippen LogP contribution >= 0.6 is 23.1 Å². The molecule has 1 aromatic carbocycles. The molecule has 1 aliphatic rings. The number of amidine groups is 1. The molecule has 0 aliphatic carbocycles. The fourth-order valence-corrected chi connectivity index (χ4v) is 3.88. The summed E-state index contributed by atoms with van der Waals surface area (Å²) in [4.78, 5) is 20.8. The number of nitrogens with zero attached hydrogens (tertiary/aromatic N) is 3. The van der Waals surface area contributed by atoms with Crippen molar-refractivity contribution in [3.8, 4) is 22.8 Å². The molecule has 8 nitrogen and oxygen atoms in total. The Hall–Kier alpha value is -3.11. The number of nitrogens with one attached hydrogen (secondary N) is 2. The topological polar surface area (TPSA) is 101 Å². The molecule has 1 aliphatic heterocycles. The lowest BCUT2D eigenvalue weighted by Gasteiger charge is -2.09. The SMILES string of the molecule is COc1ccc(-c2[nH]ncc2C=C2NC(=Nc3nccs3)SC2=O)cc1OC. The van der Waals surface area contributed by atoms with Crippen LogP contribution in [0.4, 0.5) is 5.13 Å². The Bertz CT molecular complexity index is 1070. The number of hydrogen-bond acceptors (Lipinski definition) is 8. The molecule has 0 amide bonds. The van der Waals surface area contributed by atoms with Crippen LogP contribution in [0.25, 0.3) is 17.3 Å². The molecule has 10 heteroatoms. The van der Waals surface area contributed by atoms with Crippen molar-refractivity contribution in [3.05, 3.63) is 47.2 Å². The normalized spacial score (nSPS) is 16.6. The highest BCUT2D eigenvalue weighted by Crippen LogP contribution is 2.34. The standard InChI is InChI=1S/C18H15N5O3S2/c1-25-13-4-3-10(8-14(13)26-2)15-11(9-20-23-15)7-12-16(24)28-18(21-12)22-17-19-5-6-27-17/h3-9H,1-2H3,(H,20,23)(H,19,21,22). The van der Waals surface area contributed by atoms with Crippen LogP contribution in [0.2, 0.25) is 0 Å². The minimum atomic E-state index is -0.116. The number of methoxy groups -OCH3 is 2. The summed E-state index contributed by atoms with van der Waals surface area (Å²) >= 11 is 2.44. The Labute approximate surface area is 168 Å². The Kier molecular flexibility index (Phi) is 5.13. The predicted molar refractivity (Wildman–Crippen MR) is 110 cm³/mol.